The fraction of sp³-hybridized carbons (Fsp3) is 0.414. The van der Waals surface area contributed by atoms with Crippen molar-refractivity contribution in [3.05, 3.63) is 58.8 Å². The molecule has 1 saturated carbocycles. The lowest BCUT2D eigenvalue weighted by molar-refractivity contribution is -0.132. The van der Waals surface area contributed by atoms with Gasteiger partial charge in [-0.25, -0.2) is 0 Å². The summed E-state index contributed by atoms with van der Waals surface area (Å²) in [6, 6.07) is 10.2. The minimum Gasteiger partial charge on any atom is -0.496 e. The van der Waals surface area contributed by atoms with Crippen LogP contribution >= 0.6 is 11.6 Å². The highest BCUT2D eigenvalue weighted by Gasteiger charge is 2.35. The first-order chi connectivity index (χ1) is 16.5. The molecule has 2 aliphatic rings. The molecule has 1 saturated heterocycles. The van der Waals surface area contributed by atoms with Crippen molar-refractivity contribution >= 4 is 34.1 Å². The monoisotopic (exact) mass is 477 g/mol. The van der Waals surface area contributed by atoms with Gasteiger partial charge in [0.25, 0.3) is 0 Å². The number of rotatable bonds is 4. The van der Waals surface area contributed by atoms with E-state index in [1.807, 2.05) is 44.2 Å². The number of fused-ring (bicyclic) bond motifs is 2. The number of methoxy groups -OCH3 is 1. The van der Waals surface area contributed by atoms with Gasteiger partial charge in [-0.3, -0.25) is 4.79 Å². The lowest BCUT2D eigenvalue weighted by atomic mass is 9.78. The molecular formula is C29H32ClNO3. The van der Waals surface area contributed by atoms with E-state index in [1.54, 1.807) is 13.4 Å². The fourth-order valence-corrected chi connectivity index (χ4v) is 6.10. The van der Waals surface area contributed by atoms with Crippen molar-refractivity contribution < 1.29 is 13.9 Å². The van der Waals surface area contributed by atoms with Gasteiger partial charge in [0.1, 0.15) is 11.3 Å². The summed E-state index contributed by atoms with van der Waals surface area (Å²) < 4.78 is 11.8. The third-order valence-corrected chi connectivity index (χ3v) is 7.95. The summed E-state index contributed by atoms with van der Waals surface area (Å²) in [7, 11) is 1.67. The lowest BCUT2D eigenvalue weighted by Gasteiger charge is -2.43. The van der Waals surface area contributed by atoms with Gasteiger partial charge in [-0.05, 0) is 74.8 Å². The molecule has 5 heteroatoms. The Morgan fingerprint density at radius 3 is 2.65 bits per heavy atom. The fourth-order valence-electron chi connectivity index (χ4n) is 5.97. The highest BCUT2D eigenvalue weighted by Crippen LogP contribution is 2.41. The molecule has 4 nitrogen and oxygen atoms in total. The first-order valence-corrected chi connectivity index (χ1v) is 12.7. The number of furan rings is 1. The molecular weight excluding hydrogens is 446 g/mol. The molecule has 2 atom stereocenters. The van der Waals surface area contributed by atoms with E-state index in [0.29, 0.717) is 17.0 Å². The molecule has 1 aliphatic carbocycles. The Morgan fingerprint density at radius 1 is 1.15 bits per heavy atom. The van der Waals surface area contributed by atoms with E-state index in [4.69, 9.17) is 20.8 Å². The summed E-state index contributed by atoms with van der Waals surface area (Å²) in [6.45, 7) is 4.87. The van der Waals surface area contributed by atoms with Crippen molar-refractivity contribution in [1.82, 2.24) is 4.90 Å². The van der Waals surface area contributed by atoms with Crippen LogP contribution in [0.25, 0.3) is 27.7 Å². The second-order valence-electron chi connectivity index (χ2n) is 9.73. The molecule has 0 spiro atoms. The van der Waals surface area contributed by atoms with Gasteiger partial charge in [0.15, 0.2) is 0 Å². The molecule has 0 bridgehead atoms. The van der Waals surface area contributed by atoms with E-state index in [0.717, 1.165) is 63.9 Å². The Bertz CT molecular complexity index is 1240. The zero-order valence-corrected chi connectivity index (χ0v) is 21.0. The van der Waals surface area contributed by atoms with E-state index >= 15 is 0 Å². The van der Waals surface area contributed by atoms with E-state index < -0.39 is 0 Å². The highest BCUT2D eigenvalue weighted by atomic mass is 35.5. The van der Waals surface area contributed by atoms with Gasteiger partial charge >= 0.3 is 0 Å². The smallest absolute Gasteiger partial charge is 0.247 e. The van der Waals surface area contributed by atoms with Gasteiger partial charge in [-0.2, -0.15) is 0 Å². The molecule has 1 aliphatic heterocycles. The van der Waals surface area contributed by atoms with Crippen molar-refractivity contribution in [2.75, 3.05) is 13.7 Å². The van der Waals surface area contributed by atoms with E-state index in [9.17, 15) is 4.79 Å². The van der Waals surface area contributed by atoms with Crippen LogP contribution in [0.1, 0.15) is 56.6 Å². The molecule has 0 radical (unpaired) electrons. The molecule has 178 valence electrons. The number of allylic oxidation sites excluding steroid dienone is 1. The Hall–Kier alpha value is -2.72. The van der Waals surface area contributed by atoms with E-state index in [-0.39, 0.29) is 5.91 Å². The maximum absolute atomic E-state index is 13.4. The number of carbonyl (C=O) groups is 1. The first-order valence-electron chi connectivity index (χ1n) is 12.3. The number of likely N-dealkylation sites (tertiary alicyclic amines) is 1. The van der Waals surface area contributed by atoms with Crippen LogP contribution in [0.2, 0.25) is 5.02 Å². The Labute approximate surface area is 206 Å². The number of amides is 1. The molecule has 2 heterocycles. The minimum absolute atomic E-state index is 0.124. The third-order valence-electron chi connectivity index (χ3n) is 7.69. The number of hydrogen-bond acceptors (Lipinski definition) is 3. The predicted octanol–water partition coefficient (Wildman–Crippen LogP) is 7.65. The zero-order valence-electron chi connectivity index (χ0n) is 20.2. The van der Waals surface area contributed by atoms with Crippen LogP contribution in [0, 0.1) is 12.8 Å². The Kier molecular flexibility index (Phi) is 6.44. The average Bonchev–Trinajstić information content (AvgIpc) is 3.28. The lowest BCUT2D eigenvalue weighted by Crippen LogP contribution is -2.49. The number of halogens is 1. The quantitative estimate of drug-likeness (QED) is 0.362. The predicted molar refractivity (Wildman–Crippen MR) is 138 cm³/mol. The van der Waals surface area contributed by atoms with Crippen molar-refractivity contribution in [2.24, 2.45) is 5.92 Å². The average molecular weight is 478 g/mol. The summed E-state index contributed by atoms with van der Waals surface area (Å²) >= 11 is 6.09. The van der Waals surface area contributed by atoms with Crippen LogP contribution in [-0.2, 0) is 4.79 Å². The molecule has 1 aromatic heterocycles. The molecule has 5 rings (SSSR count). The maximum Gasteiger partial charge on any atom is 0.247 e. The SMILES string of the molecule is COc1c(/C(C)=C/C(=O)N2CCCC3CCCCC32)cc2c(-c3ccc(Cl)cc3)coc2c1C. The van der Waals surface area contributed by atoms with Gasteiger partial charge in [0, 0.05) is 45.8 Å². The summed E-state index contributed by atoms with van der Waals surface area (Å²) in [5.74, 6) is 1.54. The number of ether oxygens (including phenoxy) is 1. The van der Waals surface area contributed by atoms with Crippen molar-refractivity contribution in [2.45, 2.75) is 58.4 Å². The van der Waals surface area contributed by atoms with E-state index in [1.165, 1.54) is 25.7 Å². The number of aryl methyl sites for hydroxylation is 1. The van der Waals surface area contributed by atoms with E-state index in [2.05, 4.69) is 11.0 Å². The van der Waals surface area contributed by atoms with Gasteiger partial charge < -0.3 is 14.1 Å². The molecule has 0 N–H and O–H groups in total. The largest absolute Gasteiger partial charge is 0.496 e. The van der Waals surface area contributed by atoms with Crippen molar-refractivity contribution in [3.8, 4) is 16.9 Å². The Balaban J connectivity index is 1.54. The molecule has 3 aromatic rings. The second-order valence-corrected chi connectivity index (χ2v) is 10.2. The highest BCUT2D eigenvalue weighted by molar-refractivity contribution is 6.30. The number of carbonyl (C=O) groups excluding carboxylic acids is 1. The van der Waals surface area contributed by atoms with Gasteiger partial charge in [0.2, 0.25) is 5.91 Å². The molecule has 2 fully saturated rings. The number of benzene rings is 2. The second kappa shape index (κ2) is 9.50. The van der Waals surface area contributed by atoms with Gasteiger partial charge in [-0.15, -0.1) is 0 Å². The number of nitrogens with zero attached hydrogens (tertiary/aromatic N) is 1. The summed E-state index contributed by atoms with van der Waals surface area (Å²) in [4.78, 5) is 15.6. The van der Waals surface area contributed by atoms with Crippen LogP contribution in [0.3, 0.4) is 0 Å². The first kappa shape index (κ1) is 23.0. The van der Waals surface area contributed by atoms with Gasteiger partial charge in [-0.1, -0.05) is 36.6 Å². The summed E-state index contributed by atoms with van der Waals surface area (Å²) in [6.07, 6.45) is 10.9. The van der Waals surface area contributed by atoms with Crippen LogP contribution < -0.4 is 4.74 Å². The minimum atomic E-state index is 0.124. The number of piperidine rings is 1. The van der Waals surface area contributed by atoms with Crippen molar-refractivity contribution in [1.29, 1.82) is 0 Å². The third kappa shape index (κ3) is 4.13. The normalized spacial score (nSPS) is 20.9. The topological polar surface area (TPSA) is 42.7 Å². The zero-order chi connectivity index (χ0) is 23.8. The van der Waals surface area contributed by atoms with Crippen molar-refractivity contribution in [3.63, 3.8) is 0 Å². The summed E-state index contributed by atoms with van der Waals surface area (Å²) in [5.41, 5.74) is 5.60. The molecule has 34 heavy (non-hydrogen) atoms. The van der Waals surface area contributed by atoms with Crippen LogP contribution in [0.5, 0.6) is 5.75 Å². The standard InChI is InChI=1S/C29H32ClNO3/c1-18(15-27(32)31-14-6-8-21-7-4-5-9-26(21)31)23-16-24-25(20-10-12-22(30)13-11-20)17-34-29(24)19(2)28(23)33-3/h10-13,15-17,21,26H,4-9,14H2,1-3H3/b18-15+. The van der Waals surface area contributed by atoms with Gasteiger partial charge in [0.05, 0.1) is 13.4 Å². The Morgan fingerprint density at radius 2 is 1.88 bits per heavy atom. The number of hydrogen-bond donors (Lipinski definition) is 0. The summed E-state index contributed by atoms with van der Waals surface area (Å²) in [5, 5.41) is 1.70. The van der Waals surface area contributed by atoms with Crippen LogP contribution in [0.15, 0.2) is 47.1 Å². The maximum atomic E-state index is 13.4. The molecule has 1 amide bonds. The van der Waals surface area contributed by atoms with Crippen LogP contribution in [-0.4, -0.2) is 30.5 Å². The van der Waals surface area contributed by atoms with Crippen LogP contribution in [0.4, 0.5) is 0 Å². The molecule has 2 unspecified atom stereocenters. The molecule has 2 aromatic carbocycles.